The van der Waals surface area contributed by atoms with Gasteiger partial charge >= 0.3 is 12.0 Å². The molecule has 0 bridgehead atoms. The highest BCUT2D eigenvalue weighted by molar-refractivity contribution is 6.10. The summed E-state index contributed by atoms with van der Waals surface area (Å²) in [7, 11) is 2.42. The maximum Gasteiger partial charge on any atom is 0.363 e. The summed E-state index contributed by atoms with van der Waals surface area (Å²) < 4.78 is 52.5. The molecule has 2 aromatic rings. The minimum atomic E-state index is -1.71. The summed E-state index contributed by atoms with van der Waals surface area (Å²) in [4.78, 5) is 49.1. The zero-order chi connectivity index (χ0) is 29.5. The van der Waals surface area contributed by atoms with E-state index in [1.807, 2.05) is 18.2 Å². The van der Waals surface area contributed by atoms with Gasteiger partial charge in [-0.1, -0.05) is 6.07 Å². The van der Waals surface area contributed by atoms with Crippen molar-refractivity contribution < 1.29 is 37.0 Å². The molecule has 2 atom stereocenters. The quantitative estimate of drug-likeness (QED) is 0.230. The van der Waals surface area contributed by atoms with E-state index in [4.69, 9.17) is 9.47 Å². The normalized spacial score (nSPS) is 20.1. The molecule has 0 spiro atoms. The molecule has 1 fully saturated rings. The Hall–Kier alpha value is -3.84. The Morgan fingerprint density at radius 1 is 1.15 bits per heavy atom. The molecule has 0 N–H and O–H groups in total. The van der Waals surface area contributed by atoms with Crippen molar-refractivity contribution >= 4 is 24.1 Å². The molecule has 13 heteroatoms. The highest BCUT2D eigenvalue weighted by atomic mass is 19.2. The van der Waals surface area contributed by atoms with E-state index < -0.39 is 41.4 Å². The molecule has 2 aliphatic rings. The molecule has 0 radical (unpaired) electrons. The zero-order valence-corrected chi connectivity index (χ0v) is 22.8. The van der Waals surface area contributed by atoms with Gasteiger partial charge in [0.15, 0.2) is 17.5 Å². The maximum atomic E-state index is 14.3. The SMILES string of the molecule is COCC1=NC(=O)N(N(C=O)CCCN2CCC(c3ccccn3)CC2)C(c2cc(F)c(F)c(F)c2)C1C(=O)OC. The first-order chi connectivity index (χ1) is 19.8. The predicted octanol–water partition coefficient (Wildman–Crippen LogP) is 3.50. The summed E-state index contributed by atoms with van der Waals surface area (Å²) in [5.74, 6) is -6.62. The number of likely N-dealkylation sites (tertiary alicyclic amines) is 1. The van der Waals surface area contributed by atoms with Crippen LogP contribution in [0.3, 0.4) is 0 Å². The summed E-state index contributed by atoms with van der Waals surface area (Å²) in [5.41, 5.74) is 0.755. The highest BCUT2D eigenvalue weighted by Gasteiger charge is 2.47. The lowest BCUT2D eigenvalue weighted by atomic mass is 9.87. The van der Waals surface area contributed by atoms with Crippen LogP contribution in [0.1, 0.15) is 42.5 Å². The second-order valence-corrected chi connectivity index (χ2v) is 9.90. The number of aromatic nitrogens is 1. The first-order valence-electron chi connectivity index (χ1n) is 13.3. The number of hydrogen-bond acceptors (Lipinski definition) is 7. The summed E-state index contributed by atoms with van der Waals surface area (Å²) >= 11 is 0. The number of rotatable bonds is 11. The molecule has 0 aliphatic carbocycles. The minimum Gasteiger partial charge on any atom is -0.468 e. The third-order valence-corrected chi connectivity index (χ3v) is 7.42. The molecule has 2 aliphatic heterocycles. The summed E-state index contributed by atoms with van der Waals surface area (Å²) in [6, 6.07) is 4.84. The van der Waals surface area contributed by atoms with E-state index in [1.54, 1.807) is 6.20 Å². The Labute approximate surface area is 235 Å². The van der Waals surface area contributed by atoms with Crippen molar-refractivity contribution in [3.8, 4) is 0 Å². The van der Waals surface area contributed by atoms with Gasteiger partial charge in [-0.25, -0.2) is 23.0 Å². The number of methoxy groups -OCH3 is 2. The van der Waals surface area contributed by atoms with E-state index in [9.17, 15) is 27.6 Å². The number of urea groups is 1. The van der Waals surface area contributed by atoms with Crippen LogP contribution in [-0.4, -0.2) is 91.0 Å². The maximum absolute atomic E-state index is 14.3. The number of carbonyl (C=O) groups is 3. The fourth-order valence-electron chi connectivity index (χ4n) is 5.43. The van der Waals surface area contributed by atoms with Crippen LogP contribution in [0.5, 0.6) is 0 Å². The second kappa shape index (κ2) is 13.7. The lowest BCUT2D eigenvalue weighted by Gasteiger charge is -2.43. The van der Waals surface area contributed by atoms with Crippen molar-refractivity contribution in [3.05, 3.63) is 65.2 Å². The van der Waals surface area contributed by atoms with E-state index in [0.717, 1.165) is 48.8 Å². The number of ether oxygens (including phenoxy) is 2. The zero-order valence-electron chi connectivity index (χ0n) is 22.8. The molecular formula is C28H32F3N5O5. The number of aliphatic imine (C=N–C) groups is 1. The minimum absolute atomic E-state index is 0.0428. The summed E-state index contributed by atoms with van der Waals surface area (Å²) in [6.07, 6.45) is 4.49. The number of amides is 3. The average molecular weight is 576 g/mol. The van der Waals surface area contributed by atoms with Crippen molar-refractivity contribution in [3.63, 3.8) is 0 Å². The van der Waals surface area contributed by atoms with E-state index in [0.29, 0.717) is 37.4 Å². The Kier molecular flexibility index (Phi) is 10.1. The van der Waals surface area contributed by atoms with Gasteiger partial charge in [0, 0.05) is 31.5 Å². The third kappa shape index (κ3) is 6.73. The summed E-state index contributed by atoms with van der Waals surface area (Å²) in [6.45, 7) is 2.05. The molecule has 0 saturated carbocycles. The fourth-order valence-corrected chi connectivity index (χ4v) is 5.43. The molecule has 2 unspecified atom stereocenters. The van der Waals surface area contributed by atoms with Gasteiger partial charge in [0.05, 0.1) is 25.5 Å². The Morgan fingerprint density at radius 2 is 1.85 bits per heavy atom. The molecule has 220 valence electrons. The van der Waals surface area contributed by atoms with E-state index in [-0.39, 0.29) is 24.4 Å². The molecule has 3 amide bonds. The van der Waals surface area contributed by atoms with Gasteiger partial charge in [-0.3, -0.25) is 19.6 Å². The van der Waals surface area contributed by atoms with Gasteiger partial charge in [-0.05, 0) is 68.7 Å². The standard InChI is InChI=1S/C28H32F3N5O5/c1-40-16-23-24(27(38)41-2)26(19-14-20(29)25(31)21(30)15-19)36(28(39)33-23)35(17-37)11-5-10-34-12-7-18(8-13-34)22-6-3-4-9-32-22/h3-4,6,9,14-15,17-18,24,26H,5,7-8,10-13,16H2,1-2H3. The molecule has 3 heterocycles. The largest absolute Gasteiger partial charge is 0.468 e. The van der Waals surface area contributed by atoms with Crippen molar-refractivity contribution in [1.82, 2.24) is 19.9 Å². The highest BCUT2D eigenvalue weighted by Crippen LogP contribution is 2.37. The smallest absolute Gasteiger partial charge is 0.363 e. The number of halogens is 3. The molecular weight excluding hydrogens is 543 g/mol. The van der Waals surface area contributed by atoms with Gasteiger partial charge in [0.2, 0.25) is 6.41 Å². The number of carbonyl (C=O) groups excluding carboxylic acids is 3. The molecule has 1 aromatic carbocycles. The molecule has 41 heavy (non-hydrogen) atoms. The lowest BCUT2D eigenvalue weighted by molar-refractivity contribution is -0.150. The molecule has 10 nitrogen and oxygen atoms in total. The Morgan fingerprint density at radius 3 is 2.44 bits per heavy atom. The fraction of sp³-hybridized carbons (Fsp3) is 0.464. The second-order valence-electron chi connectivity index (χ2n) is 9.90. The van der Waals surface area contributed by atoms with Crippen LogP contribution in [0.4, 0.5) is 18.0 Å². The van der Waals surface area contributed by atoms with Crippen LogP contribution in [0.2, 0.25) is 0 Å². The molecule has 4 rings (SSSR count). The third-order valence-electron chi connectivity index (χ3n) is 7.42. The number of benzene rings is 1. The number of piperidine rings is 1. The van der Waals surface area contributed by atoms with Crippen LogP contribution in [-0.2, 0) is 19.1 Å². The van der Waals surface area contributed by atoms with Gasteiger partial charge in [-0.2, -0.15) is 4.99 Å². The number of esters is 1. The van der Waals surface area contributed by atoms with Crippen molar-refractivity contribution in [2.24, 2.45) is 10.9 Å². The van der Waals surface area contributed by atoms with Crippen LogP contribution >= 0.6 is 0 Å². The topological polar surface area (TPSA) is 105 Å². The number of nitrogens with zero attached hydrogens (tertiary/aromatic N) is 5. The Balaban J connectivity index is 1.54. The van der Waals surface area contributed by atoms with E-state index in [2.05, 4.69) is 14.9 Å². The average Bonchev–Trinajstić information content (AvgIpc) is 2.98. The molecule has 1 saturated heterocycles. The van der Waals surface area contributed by atoms with Crippen molar-refractivity contribution in [2.75, 3.05) is 47.0 Å². The van der Waals surface area contributed by atoms with Gasteiger partial charge in [-0.15, -0.1) is 0 Å². The Bertz CT molecular complexity index is 1250. The first-order valence-corrected chi connectivity index (χ1v) is 13.3. The lowest BCUT2D eigenvalue weighted by Crippen LogP contribution is -2.55. The predicted molar refractivity (Wildman–Crippen MR) is 141 cm³/mol. The number of hydrazine groups is 1. The van der Waals surface area contributed by atoms with E-state index >= 15 is 0 Å². The summed E-state index contributed by atoms with van der Waals surface area (Å²) in [5, 5.41) is 1.89. The van der Waals surface area contributed by atoms with Gasteiger partial charge in [0.1, 0.15) is 5.92 Å². The number of pyridine rings is 1. The van der Waals surface area contributed by atoms with Crippen molar-refractivity contribution in [2.45, 2.75) is 31.2 Å². The van der Waals surface area contributed by atoms with Crippen molar-refractivity contribution in [1.29, 1.82) is 0 Å². The number of hydrogen-bond donors (Lipinski definition) is 0. The van der Waals surface area contributed by atoms with Gasteiger partial charge in [0.25, 0.3) is 0 Å². The van der Waals surface area contributed by atoms with Crippen LogP contribution < -0.4 is 0 Å². The van der Waals surface area contributed by atoms with Crippen LogP contribution in [0, 0.1) is 23.4 Å². The van der Waals surface area contributed by atoms with Crippen LogP contribution in [0.25, 0.3) is 0 Å². The van der Waals surface area contributed by atoms with Gasteiger partial charge < -0.3 is 14.4 Å². The monoisotopic (exact) mass is 575 g/mol. The van der Waals surface area contributed by atoms with Crippen LogP contribution in [0.15, 0.2) is 41.5 Å². The van der Waals surface area contributed by atoms with E-state index in [1.165, 1.54) is 7.11 Å². The first kappa shape index (κ1) is 30.1. The molecule has 1 aromatic heterocycles.